The Balaban J connectivity index is 2.13. The predicted molar refractivity (Wildman–Crippen MR) is 190 cm³/mol. The summed E-state index contributed by atoms with van der Waals surface area (Å²) in [5.41, 5.74) is 5.12. The third kappa shape index (κ3) is 10.4. The van der Waals surface area contributed by atoms with Crippen LogP contribution in [0.25, 0.3) is 0 Å². The van der Waals surface area contributed by atoms with Gasteiger partial charge < -0.3 is 19.7 Å². The molecule has 0 aliphatic heterocycles. The first-order chi connectivity index (χ1) is 19.5. The third-order valence-electron chi connectivity index (χ3n) is 8.10. The Labute approximate surface area is 275 Å². The van der Waals surface area contributed by atoms with Gasteiger partial charge in [0, 0.05) is 23.0 Å². The molecular weight excluding hydrogens is 564 g/mol. The predicted octanol–water partition coefficient (Wildman–Crippen LogP) is 10.4. The maximum atomic E-state index is 11.1. The average molecular weight is 627 g/mol. The van der Waals surface area contributed by atoms with Crippen molar-refractivity contribution in [1.29, 1.82) is 0 Å². The molecule has 5 heteroatoms. The summed E-state index contributed by atoms with van der Waals surface area (Å²) < 4.78 is 12.0. The molecular formula is C39H62O4S. The number of thiocarbonyl (C=S) groups is 1. The number of hydrogen-bond donors (Lipinski definition) is 2. The fourth-order valence-electron chi connectivity index (χ4n) is 5.64. The monoisotopic (exact) mass is 626 g/mol. The molecule has 0 radical (unpaired) electrons. The fourth-order valence-corrected chi connectivity index (χ4v) is 5.75. The highest BCUT2D eigenvalue weighted by Gasteiger charge is 2.31. The lowest BCUT2D eigenvalue weighted by Gasteiger charge is -2.31. The summed E-state index contributed by atoms with van der Waals surface area (Å²) in [6.07, 6.45) is 1.56. The average Bonchev–Trinajstić information content (AvgIpc) is 2.80. The molecule has 4 nitrogen and oxygen atoms in total. The van der Waals surface area contributed by atoms with Gasteiger partial charge >= 0.3 is 5.24 Å². The number of hydrogen-bond acceptors (Lipinski definition) is 5. The van der Waals surface area contributed by atoms with Crippen molar-refractivity contribution in [2.75, 3.05) is 13.2 Å². The minimum atomic E-state index is -0.205. The Morgan fingerprint density at radius 2 is 0.727 bits per heavy atom. The molecule has 0 aliphatic carbocycles. The highest BCUT2D eigenvalue weighted by Crippen LogP contribution is 2.42. The van der Waals surface area contributed by atoms with E-state index in [1.54, 1.807) is 0 Å². The number of ether oxygens (including phenoxy) is 2. The van der Waals surface area contributed by atoms with Gasteiger partial charge in [0.1, 0.15) is 11.5 Å². The van der Waals surface area contributed by atoms with E-state index in [2.05, 4.69) is 135 Å². The van der Waals surface area contributed by atoms with Gasteiger partial charge in [-0.15, -0.1) is 0 Å². The standard InChI is InChI=1S/C39H62O4S/c1-34(2,3)27-17-25(18-28(31(27)40)35(4,5)6)21-38(13,14)23-42-33(44)43-24-39(15,16)22-26-19-29(36(7,8)9)32(41)30(20-26)37(10,11)12/h17-20,40-41H,21-24H2,1-16H3. The molecule has 0 amide bonds. The molecule has 248 valence electrons. The van der Waals surface area contributed by atoms with Gasteiger partial charge in [0.05, 0.1) is 13.2 Å². The van der Waals surface area contributed by atoms with Crippen LogP contribution in [0.15, 0.2) is 24.3 Å². The molecule has 0 spiro atoms. The quantitative estimate of drug-likeness (QED) is 0.286. The summed E-state index contributed by atoms with van der Waals surface area (Å²) in [5.74, 6) is 0.799. The van der Waals surface area contributed by atoms with Gasteiger partial charge in [-0.05, 0) is 67.9 Å². The third-order valence-corrected chi connectivity index (χ3v) is 8.33. The van der Waals surface area contributed by atoms with Crippen molar-refractivity contribution in [3.8, 4) is 11.5 Å². The Morgan fingerprint density at radius 3 is 0.932 bits per heavy atom. The van der Waals surface area contributed by atoms with Crippen molar-refractivity contribution < 1.29 is 19.7 Å². The van der Waals surface area contributed by atoms with Crippen molar-refractivity contribution >= 4 is 17.5 Å². The molecule has 2 rings (SSSR count). The number of benzene rings is 2. The molecule has 0 aliphatic rings. The Hall–Kier alpha value is -2.27. The van der Waals surface area contributed by atoms with E-state index in [0.717, 1.165) is 35.1 Å². The zero-order chi connectivity index (χ0) is 34.3. The van der Waals surface area contributed by atoms with Crippen LogP contribution in [0.2, 0.25) is 0 Å². The normalized spacial score (nSPS) is 13.6. The highest BCUT2D eigenvalue weighted by atomic mass is 32.1. The van der Waals surface area contributed by atoms with Crippen molar-refractivity contribution in [2.24, 2.45) is 10.8 Å². The number of rotatable bonds is 8. The molecule has 0 heterocycles. The molecule has 0 saturated carbocycles. The molecule has 0 unspecified atom stereocenters. The zero-order valence-corrected chi connectivity index (χ0v) is 31.6. The summed E-state index contributed by atoms with van der Waals surface area (Å²) in [4.78, 5) is 0. The Kier molecular flexibility index (Phi) is 11.1. The summed E-state index contributed by atoms with van der Waals surface area (Å²) >= 11 is 5.52. The number of phenolic OH excluding ortho intramolecular Hbond substituents is 2. The largest absolute Gasteiger partial charge is 0.507 e. The summed E-state index contributed by atoms with van der Waals surface area (Å²) in [6.45, 7) is 35.2. The number of aromatic hydroxyl groups is 2. The summed E-state index contributed by atoms with van der Waals surface area (Å²) in [5, 5.41) is 22.4. The molecule has 0 saturated heterocycles. The second-order valence-electron chi connectivity index (χ2n) is 18.6. The molecule has 2 N–H and O–H groups in total. The van der Waals surface area contributed by atoms with Crippen LogP contribution in [0, 0.1) is 10.8 Å². The van der Waals surface area contributed by atoms with E-state index in [-0.39, 0.29) is 37.7 Å². The van der Waals surface area contributed by atoms with Crippen LogP contribution >= 0.6 is 12.2 Å². The van der Waals surface area contributed by atoms with Gasteiger partial charge in [0.2, 0.25) is 0 Å². The minimum absolute atomic E-state index is 0.166. The van der Waals surface area contributed by atoms with Crippen LogP contribution in [0.5, 0.6) is 11.5 Å². The van der Waals surface area contributed by atoms with E-state index >= 15 is 0 Å². The van der Waals surface area contributed by atoms with E-state index in [4.69, 9.17) is 21.7 Å². The lowest BCUT2D eigenvalue weighted by molar-refractivity contribution is 0.0864. The van der Waals surface area contributed by atoms with Gasteiger partial charge in [-0.2, -0.15) is 0 Å². The first-order valence-corrected chi connectivity index (χ1v) is 16.5. The zero-order valence-electron chi connectivity index (χ0n) is 30.8. The molecule has 0 bridgehead atoms. The second-order valence-corrected chi connectivity index (χ2v) is 18.9. The van der Waals surface area contributed by atoms with Gasteiger partial charge in [0.15, 0.2) is 0 Å². The summed E-state index contributed by atoms with van der Waals surface area (Å²) in [7, 11) is 0. The first-order valence-electron chi connectivity index (χ1n) is 16.1. The maximum Gasteiger partial charge on any atom is 0.352 e. The van der Waals surface area contributed by atoms with E-state index in [9.17, 15) is 10.2 Å². The Bertz CT molecular complexity index is 1150. The van der Waals surface area contributed by atoms with Crippen LogP contribution in [0.1, 0.15) is 144 Å². The van der Waals surface area contributed by atoms with Crippen LogP contribution in [-0.4, -0.2) is 28.7 Å². The van der Waals surface area contributed by atoms with E-state index in [0.29, 0.717) is 24.7 Å². The molecule has 0 fully saturated rings. The lowest BCUT2D eigenvalue weighted by Crippen LogP contribution is -2.28. The highest BCUT2D eigenvalue weighted by molar-refractivity contribution is 7.79. The summed E-state index contributed by atoms with van der Waals surface area (Å²) in [6, 6.07) is 8.57. The van der Waals surface area contributed by atoms with Crippen LogP contribution in [0.3, 0.4) is 0 Å². The van der Waals surface area contributed by atoms with E-state index in [1.807, 2.05) is 0 Å². The van der Waals surface area contributed by atoms with Gasteiger partial charge in [-0.1, -0.05) is 135 Å². The maximum absolute atomic E-state index is 11.1. The van der Waals surface area contributed by atoms with E-state index in [1.165, 1.54) is 11.1 Å². The Morgan fingerprint density at radius 1 is 0.500 bits per heavy atom. The molecule has 2 aromatic rings. The SMILES string of the molecule is CC(C)(COC(=S)OCC(C)(C)Cc1cc(C(C)(C)C)c(O)c(C(C)(C)C)c1)Cc1cc(C(C)(C)C)c(O)c(C(C)(C)C)c1. The fraction of sp³-hybridized carbons (Fsp3) is 0.667. The van der Waals surface area contributed by atoms with Crippen molar-refractivity contribution in [3.63, 3.8) is 0 Å². The minimum Gasteiger partial charge on any atom is -0.507 e. The van der Waals surface area contributed by atoms with Crippen molar-refractivity contribution in [2.45, 2.75) is 145 Å². The van der Waals surface area contributed by atoms with Crippen molar-refractivity contribution in [3.05, 3.63) is 57.6 Å². The lowest BCUT2D eigenvalue weighted by atomic mass is 9.76. The van der Waals surface area contributed by atoms with Crippen LogP contribution in [-0.2, 0) is 44.0 Å². The van der Waals surface area contributed by atoms with Crippen LogP contribution in [0.4, 0.5) is 0 Å². The molecule has 44 heavy (non-hydrogen) atoms. The molecule has 0 aromatic heterocycles. The van der Waals surface area contributed by atoms with Gasteiger partial charge in [-0.3, -0.25) is 0 Å². The van der Waals surface area contributed by atoms with Crippen molar-refractivity contribution in [1.82, 2.24) is 0 Å². The molecule has 0 atom stereocenters. The smallest absolute Gasteiger partial charge is 0.352 e. The second kappa shape index (κ2) is 12.9. The molecule has 2 aromatic carbocycles. The van der Waals surface area contributed by atoms with E-state index < -0.39 is 0 Å². The van der Waals surface area contributed by atoms with Gasteiger partial charge in [-0.25, -0.2) is 0 Å². The van der Waals surface area contributed by atoms with Crippen LogP contribution < -0.4 is 0 Å². The number of phenols is 2. The van der Waals surface area contributed by atoms with Gasteiger partial charge in [0.25, 0.3) is 0 Å². The first kappa shape index (κ1) is 37.9. The topological polar surface area (TPSA) is 58.9 Å².